The zero-order valence-corrected chi connectivity index (χ0v) is 12.6. The molecular weight excluding hydrogens is 266 g/mol. The lowest BCUT2D eigenvalue weighted by Crippen LogP contribution is -2.51. The van der Waals surface area contributed by atoms with Crippen LogP contribution in [-0.2, 0) is 11.3 Å². The first-order valence-electron chi connectivity index (χ1n) is 7.51. The maximum Gasteiger partial charge on any atom is 0.233 e. The normalized spacial score (nSPS) is 18.4. The number of carbonyl (C=O) groups is 1. The number of hydrogen-bond acceptors (Lipinski definition) is 4. The molecule has 1 fully saturated rings. The number of carbonyl (C=O) groups excluding carboxylic acids is 1. The summed E-state index contributed by atoms with van der Waals surface area (Å²) in [6.07, 6.45) is 1.40. The Morgan fingerprint density at radius 1 is 1.29 bits per heavy atom. The van der Waals surface area contributed by atoms with Gasteiger partial charge in [-0.2, -0.15) is 0 Å². The van der Waals surface area contributed by atoms with Gasteiger partial charge in [0.2, 0.25) is 5.91 Å². The molecule has 1 aliphatic heterocycles. The highest BCUT2D eigenvalue weighted by Crippen LogP contribution is 2.21. The summed E-state index contributed by atoms with van der Waals surface area (Å²) in [4.78, 5) is 13.4. The van der Waals surface area contributed by atoms with Crippen LogP contribution < -0.4 is 10.6 Å². The number of nitrogens with zero attached hydrogens (tertiary/aromatic N) is 1. The Balaban J connectivity index is 1.71. The third-order valence-electron chi connectivity index (χ3n) is 4.06. The smallest absolute Gasteiger partial charge is 0.233 e. The average molecular weight is 291 g/mol. The molecule has 1 aliphatic rings. The van der Waals surface area contributed by atoms with Crippen molar-refractivity contribution in [2.24, 2.45) is 0 Å². The molecule has 1 saturated heterocycles. The van der Waals surface area contributed by atoms with E-state index in [4.69, 9.17) is 0 Å². The van der Waals surface area contributed by atoms with Crippen molar-refractivity contribution in [1.29, 1.82) is 0 Å². The van der Waals surface area contributed by atoms with Gasteiger partial charge in [0, 0.05) is 33.2 Å². The van der Waals surface area contributed by atoms with Crippen LogP contribution in [0.4, 0.5) is 0 Å². The van der Waals surface area contributed by atoms with Crippen LogP contribution >= 0.6 is 0 Å². The number of benzene rings is 1. The largest absolute Gasteiger partial charge is 0.388 e. The fourth-order valence-corrected chi connectivity index (χ4v) is 2.62. The molecule has 5 nitrogen and oxygen atoms in total. The standard InChI is InChI=1S/C16H25N3O2/c1-17-15(20)12-19-9-7-16(21,8-10-19)13-18-11-14-5-3-2-4-6-14/h2-6,18,21H,7-13H2,1H3,(H,17,20). The third-order valence-corrected chi connectivity index (χ3v) is 4.06. The number of nitrogens with one attached hydrogen (secondary N) is 2. The topological polar surface area (TPSA) is 64.6 Å². The summed E-state index contributed by atoms with van der Waals surface area (Å²) in [6.45, 7) is 3.30. The summed E-state index contributed by atoms with van der Waals surface area (Å²) in [7, 11) is 1.65. The van der Waals surface area contributed by atoms with Crippen molar-refractivity contribution >= 4 is 5.91 Å². The molecule has 0 spiro atoms. The van der Waals surface area contributed by atoms with E-state index in [1.807, 2.05) is 18.2 Å². The molecule has 0 atom stereocenters. The summed E-state index contributed by atoms with van der Waals surface area (Å²) >= 11 is 0. The molecule has 1 heterocycles. The first kappa shape index (κ1) is 15.9. The molecule has 0 bridgehead atoms. The van der Waals surface area contributed by atoms with Crippen molar-refractivity contribution < 1.29 is 9.90 Å². The van der Waals surface area contributed by atoms with E-state index >= 15 is 0 Å². The van der Waals surface area contributed by atoms with Gasteiger partial charge in [-0.05, 0) is 18.4 Å². The third kappa shape index (κ3) is 5.12. The van der Waals surface area contributed by atoms with Crippen LogP contribution in [0.1, 0.15) is 18.4 Å². The van der Waals surface area contributed by atoms with Gasteiger partial charge in [-0.25, -0.2) is 0 Å². The Bertz CT molecular complexity index is 442. The van der Waals surface area contributed by atoms with Gasteiger partial charge in [-0.3, -0.25) is 9.69 Å². The predicted octanol–water partition coefficient (Wildman–Crippen LogP) is 0.349. The van der Waals surface area contributed by atoms with Gasteiger partial charge in [0.15, 0.2) is 0 Å². The minimum atomic E-state index is -0.659. The Morgan fingerprint density at radius 2 is 1.95 bits per heavy atom. The zero-order chi connectivity index (χ0) is 15.1. The molecule has 1 aromatic carbocycles. The van der Waals surface area contributed by atoms with Crippen LogP contribution in [0.5, 0.6) is 0 Å². The fraction of sp³-hybridized carbons (Fsp3) is 0.562. The van der Waals surface area contributed by atoms with E-state index in [1.165, 1.54) is 5.56 Å². The van der Waals surface area contributed by atoms with E-state index in [-0.39, 0.29) is 5.91 Å². The number of rotatable bonds is 6. The number of aliphatic hydroxyl groups is 1. The van der Waals surface area contributed by atoms with Gasteiger partial charge < -0.3 is 15.7 Å². The molecule has 3 N–H and O–H groups in total. The summed E-state index contributed by atoms with van der Waals surface area (Å²) in [5.74, 6) is 0.0302. The Morgan fingerprint density at radius 3 is 2.57 bits per heavy atom. The number of amides is 1. The molecule has 1 aromatic rings. The van der Waals surface area contributed by atoms with Crippen molar-refractivity contribution in [3.05, 3.63) is 35.9 Å². The SMILES string of the molecule is CNC(=O)CN1CCC(O)(CNCc2ccccc2)CC1. The van der Waals surface area contributed by atoms with Crippen molar-refractivity contribution in [3.8, 4) is 0 Å². The minimum Gasteiger partial charge on any atom is -0.388 e. The number of piperidine rings is 1. The molecule has 0 aromatic heterocycles. The molecule has 0 unspecified atom stereocenters. The predicted molar refractivity (Wildman–Crippen MR) is 82.8 cm³/mol. The highest BCUT2D eigenvalue weighted by atomic mass is 16.3. The van der Waals surface area contributed by atoms with Gasteiger partial charge in [0.1, 0.15) is 0 Å². The van der Waals surface area contributed by atoms with E-state index in [1.54, 1.807) is 7.05 Å². The zero-order valence-electron chi connectivity index (χ0n) is 12.6. The van der Waals surface area contributed by atoms with Crippen molar-refractivity contribution in [2.75, 3.05) is 33.2 Å². The van der Waals surface area contributed by atoms with Crippen LogP contribution in [0.3, 0.4) is 0 Å². The molecule has 0 aliphatic carbocycles. The number of hydrogen-bond donors (Lipinski definition) is 3. The summed E-state index contributed by atoms with van der Waals surface area (Å²) in [5.41, 5.74) is 0.562. The molecular formula is C16H25N3O2. The second-order valence-electron chi connectivity index (χ2n) is 5.76. The molecule has 21 heavy (non-hydrogen) atoms. The monoisotopic (exact) mass is 291 g/mol. The lowest BCUT2D eigenvalue weighted by molar-refractivity contribution is -0.123. The van der Waals surface area contributed by atoms with Gasteiger partial charge >= 0.3 is 0 Å². The van der Waals surface area contributed by atoms with Gasteiger partial charge in [0.05, 0.1) is 12.1 Å². The van der Waals surface area contributed by atoms with E-state index in [0.29, 0.717) is 25.9 Å². The first-order valence-corrected chi connectivity index (χ1v) is 7.51. The van der Waals surface area contributed by atoms with E-state index < -0.39 is 5.60 Å². The highest BCUT2D eigenvalue weighted by molar-refractivity contribution is 5.77. The molecule has 0 radical (unpaired) electrons. The Labute approximate surface area is 126 Å². The minimum absolute atomic E-state index is 0.0302. The van der Waals surface area contributed by atoms with E-state index in [0.717, 1.165) is 19.6 Å². The highest BCUT2D eigenvalue weighted by Gasteiger charge is 2.32. The van der Waals surface area contributed by atoms with Gasteiger partial charge in [0.25, 0.3) is 0 Å². The lowest BCUT2D eigenvalue weighted by atomic mass is 9.91. The van der Waals surface area contributed by atoms with Gasteiger partial charge in [-0.15, -0.1) is 0 Å². The Hall–Kier alpha value is -1.43. The second-order valence-corrected chi connectivity index (χ2v) is 5.76. The fourth-order valence-electron chi connectivity index (χ4n) is 2.62. The van der Waals surface area contributed by atoms with Crippen LogP contribution in [0.15, 0.2) is 30.3 Å². The maximum atomic E-state index is 11.3. The van der Waals surface area contributed by atoms with Crippen molar-refractivity contribution in [2.45, 2.75) is 25.0 Å². The van der Waals surface area contributed by atoms with E-state index in [2.05, 4.69) is 27.7 Å². The summed E-state index contributed by atoms with van der Waals surface area (Å²) in [5, 5.41) is 16.5. The summed E-state index contributed by atoms with van der Waals surface area (Å²) in [6, 6.07) is 10.2. The maximum absolute atomic E-state index is 11.3. The van der Waals surface area contributed by atoms with E-state index in [9.17, 15) is 9.90 Å². The molecule has 1 amide bonds. The lowest BCUT2D eigenvalue weighted by Gasteiger charge is -2.38. The molecule has 2 rings (SSSR count). The molecule has 0 saturated carbocycles. The number of likely N-dealkylation sites (N-methyl/N-ethyl adjacent to an activating group) is 1. The average Bonchev–Trinajstić information content (AvgIpc) is 2.51. The molecule has 116 valence electrons. The van der Waals surface area contributed by atoms with Crippen LogP contribution in [0, 0.1) is 0 Å². The number of likely N-dealkylation sites (tertiary alicyclic amines) is 1. The second kappa shape index (κ2) is 7.54. The van der Waals surface area contributed by atoms with Crippen molar-refractivity contribution in [1.82, 2.24) is 15.5 Å². The summed E-state index contributed by atoms with van der Waals surface area (Å²) < 4.78 is 0. The van der Waals surface area contributed by atoms with Crippen LogP contribution in [0.25, 0.3) is 0 Å². The molecule has 5 heteroatoms. The van der Waals surface area contributed by atoms with Crippen LogP contribution in [0.2, 0.25) is 0 Å². The van der Waals surface area contributed by atoms with Crippen molar-refractivity contribution in [3.63, 3.8) is 0 Å². The van der Waals surface area contributed by atoms with Gasteiger partial charge in [-0.1, -0.05) is 30.3 Å². The first-order chi connectivity index (χ1) is 10.1. The quantitative estimate of drug-likeness (QED) is 0.708. The van der Waals surface area contributed by atoms with Crippen LogP contribution in [-0.4, -0.2) is 54.7 Å². The Kier molecular flexibility index (Phi) is 5.73.